The molecule has 0 aliphatic heterocycles. The van der Waals surface area contributed by atoms with Crippen molar-refractivity contribution < 1.29 is 126 Å². The fraction of sp³-hybridized carbons (Fsp3) is 0.495. The molecule has 2 radical (unpaired) electrons. The van der Waals surface area contributed by atoms with E-state index in [4.69, 9.17) is 57.2 Å². The van der Waals surface area contributed by atoms with Crippen molar-refractivity contribution in [3.05, 3.63) is 224 Å². The van der Waals surface area contributed by atoms with Crippen LogP contribution >= 0.6 is 0 Å². The second-order valence-corrected chi connectivity index (χ2v) is 30.8. The van der Waals surface area contributed by atoms with Gasteiger partial charge in [-0.1, -0.05) is 296 Å². The number of benzene rings is 6. The van der Waals surface area contributed by atoms with Crippen molar-refractivity contribution in [1.29, 1.82) is 0 Å². The smallest absolute Gasteiger partial charge is 0.128 e. The fourth-order valence-corrected chi connectivity index (χ4v) is 10.1. The summed E-state index contributed by atoms with van der Waals surface area (Å²) < 4.78 is 60.0. The molecule has 0 saturated carbocycles. The van der Waals surface area contributed by atoms with Gasteiger partial charge in [-0.3, -0.25) is 20.0 Å². The van der Waals surface area contributed by atoms with Gasteiger partial charge in [-0.2, -0.15) is 0 Å². The summed E-state index contributed by atoms with van der Waals surface area (Å²) in [4.78, 5) is 19.1. The van der Waals surface area contributed by atoms with Crippen LogP contribution in [-0.2, 0) is 151 Å². The minimum Gasteiger partial charge on any atom is -0.507 e. The van der Waals surface area contributed by atoms with E-state index in [2.05, 4.69) is 250 Å². The van der Waals surface area contributed by atoms with Crippen molar-refractivity contribution in [2.24, 2.45) is 20.0 Å². The number of hydrogen-bond donors (Lipinski definition) is 4. The van der Waals surface area contributed by atoms with E-state index in [9.17, 15) is 20.4 Å². The third-order valence-corrected chi connectivity index (χ3v) is 15.8. The van der Waals surface area contributed by atoms with Gasteiger partial charge in [-0.25, -0.2) is 0 Å². The number of phenolic OH excluding ortho intramolecular Hbond substituents is 4. The van der Waals surface area contributed by atoms with Gasteiger partial charge in [0.1, 0.15) is 23.0 Å². The maximum atomic E-state index is 11.2. The van der Waals surface area contributed by atoms with Crippen LogP contribution in [0.25, 0.3) is 0 Å². The average molecular weight is 1780 g/mol. The summed E-state index contributed by atoms with van der Waals surface area (Å²) in [6, 6.07) is 32.0. The van der Waals surface area contributed by atoms with E-state index < -0.39 is 0 Å². The fourth-order valence-electron chi connectivity index (χ4n) is 10.1. The summed E-state index contributed by atoms with van der Waals surface area (Å²) in [6.45, 7) is 93.3. The molecule has 0 aliphatic carbocycles. The SMILES string of the molecule is C.C.C.C.CC.CCC.CCCCCC.CCCCCc1cc(C=Nc2ccccc2N=Cc2cc(C(C)(C)C)cc(C(C)(C)C)c2O)c(O)c(C(C)(C)C)c1.[C-]#[O+].[C-]#[O+].[C-]#[O+].[C-]#[O+].[C-]#[O+].[C-]#[O+].[C-]#[O+].[C-]#[O+].[CH2+]CCCCc1cc(C=Nc2ccccc2N=Cc2cc(C(C)(C)C)cc(C(C)(C)C)c2O)c(O)c(C(C)(C)C)c1.[Co].[Co].[Cr].[Cr]. The number of unbranched alkanes of at least 4 members (excludes halogenated alkanes) is 7. The van der Waals surface area contributed by atoms with Gasteiger partial charge in [-0.15, -0.1) is 0 Å². The minimum atomic E-state index is -0.216. The molecule has 4 N–H and O–H groups in total. The molecule has 16 nitrogen and oxygen atoms in total. The van der Waals surface area contributed by atoms with Crippen molar-refractivity contribution in [3.8, 4) is 23.0 Å². The first-order chi connectivity index (χ1) is 51.4. The molecule has 0 amide bonds. The van der Waals surface area contributed by atoms with Gasteiger partial charge in [0, 0.05) is 138 Å². The number of rotatable bonds is 19. The second-order valence-electron chi connectivity index (χ2n) is 30.8. The molecule has 0 aliphatic rings. The monoisotopic (exact) mass is 1780 g/mol. The zero-order valence-electron chi connectivity index (χ0n) is 71.8. The van der Waals surface area contributed by atoms with Gasteiger partial charge in [0.05, 0.1) is 36.1 Å². The van der Waals surface area contributed by atoms with Crippen molar-refractivity contribution in [3.63, 3.8) is 0 Å². The van der Waals surface area contributed by atoms with Crippen LogP contribution in [0.4, 0.5) is 22.7 Å². The van der Waals surface area contributed by atoms with Gasteiger partial charge in [0.25, 0.3) is 0 Å². The van der Waals surface area contributed by atoms with Crippen molar-refractivity contribution in [2.45, 2.75) is 319 Å². The number of para-hydroxylation sites is 4. The van der Waals surface area contributed by atoms with Gasteiger partial charge < -0.3 is 20.4 Å². The maximum Gasteiger partial charge on any atom is 0.128 e. The molecule has 0 saturated heterocycles. The predicted octanol–water partition coefficient (Wildman–Crippen LogP) is 27.5. The van der Waals surface area contributed by atoms with Crippen LogP contribution in [0.2, 0.25) is 0 Å². The van der Waals surface area contributed by atoms with E-state index in [1.54, 1.807) is 24.9 Å². The molecule has 652 valence electrons. The van der Waals surface area contributed by atoms with Crippen molar-refractivity contribution >= 4 is 47.6 Å². The molecule has 6 aromatic rings. The van der Waals surface area contributed by atoms with Crippen LogP contribution < -0.4 is 0 Å². The molecule has 20 heteroatoms. The van der Waals surface area contributed by atoms with E-state index in [-0.39, 0.29) is 153 Å². The van der Waals surface area contributed by atoms with E-state index in [0.29, 0.717) is 45.0 Å². The standard InChI is InChI=1S/C37H50N2O2.C37H48N2O2.C6H14.C3H8.C2H6.8CO.4CH4.2Co.2Cr/c2*1-11-12-13-16-25-19-26(33(40)29(20-25)36(5,6)7)23-38-31-17-14-15-18-32(31)39-24-27-21-28(35(2,3)4)22-30(34(27)41)37(8,9)10;1-3-5-6-4-2;1-3-2;9*1-2;;;;;;;;/h14-15,17-24,40-41H,11-13,16H2,1-10H3;14-15,17-24H,1,11-13,16H2,2-10H3,(H-,38,39,40,41);3-6H2,1-2H3;3H2,1-2H3;1-2H3;;;;;;;;;4*1H4;;;;/p+1. The summed E-state index contributed by atoms with van der Waals surface area (Å²) in [5, 5.41) is 44.7. The molecule has 6 rings (SSSR count). The normalized spacial score (nSPS) is 9.92. The zero-order valence-corrected chi connectivity index (χ0v) is 76.4. The maximum absolute atomic E-state index is 11.2. The third kappa shape index (κ3) is 57.0. The Morgan fingerprint density at radius 2 is 0.504 bits per heavy atom. The Kier molecular flexibility index (Phi) is 99.2. The quantitative estimate of drug-likeness (QED) is 0.0266. The average Bonchev–Trinajstić information content (AvgIpc) is 0.781. The molecule has 0 heterocycles. The van der Waals surface area contributed by atoms with Crippen LogP contribution in [0.1, 0.15) is 340 Å². The molecule has 0 unspecified atom stereocenters. The number of aliphatic imine (C=N–C) groups is 4. The number of phenols is 4. The molecule has 0 aromatic heterocycles. The van der Waals surface area contributed by atoms with E-state index in [1.165, 1.54) is 56.1 Å². The van der Waals surface area contributed by atoms with Crippen molar-refractivity contribution in [1.82, 2.24) is 0 Å². The molecule has 117 heavy (non-hydrogen) atoms. The van der Waals surface area contributed by atoms with Gasteiger partial charge in [-0.05, 0) is 135 Å². The summed E-state index contributed by atoms with van der Waals surface area (Å²) in [6.07, 6.45) is 22.2. The van der Waals surface area contributed by atoms with E-state index >= 15 is 0 Å². The summed E-state index contributed by atoms with van der Waals surface area (Å²) in [5.74, 6) is 1.06. The molecule has 0 bridgehead atoms. The third-order valence-electron chi connectivity index (χ3n) is 15.8. The van der Waals surface area contributed by atoms with Gasteiger partial charge >= 0.3 is 90.4 Å². The first-order valence-electron chi connectivity index (χ1n) is 36.6. The number of hydrogen-bond acceptors (Lipinski definition) is 8. The number of aromatic hydroxyl groups is 4. The summed E-state index contributed by atoms with van der Waals surface area (Å²) in [5.41, 5.74) is 12.9. The van der Waals surface area contributed by atoms with Crippen LogP contribution in [-0.4, -0.2) is 45.3 Å². The molecule has 0 atom stereocenters. The van der Waals surface area contributed by atoms with E-state index in [0.717, 1.165) is 71.9 Å². The van der Waals surface area contributed by atoms with Gasteiger partial charge in [0.15, 0.2) is 0 Å². The molecule has 0 fully saturated rings. The van der Waals surface area contributed by atoms with Crippen LogP contribution in [0.3, 0.4) is 0 Å². The molecule has 0 spiro atoms. The molecule has 6 aromatic carbocycles. The molecular weight excluding hydrogens is 1630 g/mol. The molecular formula is C97H143Co2Cr2N4O12+. The first-order valence-corrected chi connectivity index (χ1v) is 36.6. The Morgan fingerprint density at radius 3 is 0.692 bits per heavy atom. The summed E-state index contributed by atoms with van der Waals surface area (Å²) >= 11 is 0. The Labute approximate surface area is 753 Å². The minimum absolute atomic E-state index is 0. The van der Waals surface area contributed by atoms with E-state index in [1.807, 2.05) is 80.6 Å². The van der Waals surface area contributed by atoms with Crippen LogP contribution in [0.5, 0.6) is 23.0 Å². The first kappa shape index (κ1) is 145. The van der Waals surface area contributed by atoms with Crippen LogP contribution in [0.15, 0.2) is 117 Å². The zero-order chi connectivity index (χ0) is 86.7. The second kappa shape index (κ2) is 80.1. The largest absolute Gasteiger partial charge is 0.507 e. The number of nitrogens with zero attached hydrogens (tertiary/aromatic N) is 4. The predicted molar refractivity (Wildman–Crippen MR) is 468 cm³/mol. The summed E-state index contributed by atoms with van der Waals surface area (Å²) in [7, 11) is 0. The Hall–Kier alpha value is -6.93. The van der Waals surface area contributed by atoms with Crippen molar-refractivity contribution in [2.75, 3.05) is 0 Å². The van der Waals surface area contributed by atoms with Crippen LogP contribution in [0, 0.1) is 60.1 Å². The topological polar surface area (TPSA) is 290 Å². The van der Waals surface area contributed by atoms with Gasteiger partial charge in [0.2, 0.25) is 0 Å². The Balaban J connectivity index is -0.0000000998. The number of aryl methyl sites for hydroxylation is 2. The Morgan fingerprint density at radius 1 is 0.316 bits per heavy atom. The Bertz CT molecular complexity index is 3530.